The lowest BCUT2D eigenvalue weighted by atomic mass is 10.1. The third-order valence-electron chi connectivity index (χ3n) is 22.9. The number of hydrogen-bond acceptors (Lipinski definition) is 51. The Hall–Kier alpha value is -6.82. The second kappa shape index (κ2) is 49.5. The number of nitrogens with one attached hydrogen (secondary N) is 4. The van der Waals surface area contributed by atoms with Crippen LogP contribution in [0, 0.1) is 41.5 Å². The summed E-state index contributed by atoms with van der Waals surface area (Å²) in [7, 11) is -5.99. The fourth-order valence-corrected chi connectivity index (χ4v) is 22.0. The Morgan fingerprint density at radius 3 is 1.04 bits per heavy atom. The molecular formula is C76H108N14O44P5S3-5. The first kappa shape index (κ1) is 114. The third kappa shape index (κ3) is 28.2. The maximum Gasteiger partial charge on any atom is 0.351 e. The lowest BCUT2D eigenvalue weighted by Crippen LogP contribution is -2.43. The molecule has 142 heavy (non-hydrogen) atoms. The predicted molar refractivity (Wildman–Crippen MR) is 485 cm³/mol. The lowest BCUT2D eigenvalue weighted by molar-refractivity contribution is -0.241. The Bertz CT molecular complexity index is 6290. The van der Waals surface area contributed by atoms with E-state index in [2.05, 4.69) is 29.9 Å². The van der Waals surface area contributed by atoms with E-state index in [0.29, 0.717) is 5.56 Å². The van der Waals surface area contributed by atoms with E-state index in [0.717, 1.165) is 46.0 Å². The monoisotopic (exact) mass is 2170 g/mol. The molecule has 10 unspecified atom stereocenters. The largest absolute Gasteiger partial charge is 0.780 e. The highest BCUT2D eigenvalue weighted by Crippen LogP contribution is 2.56. The molecule has 28 atom stereocenters. The van der Waals surface area contributed by atoms with E-state index in [4.69, 9.17) is 168 Å². The molecule has 58 nitrogen and oxygen atoms in total. The van der Waals surface area contributed by atoms with Crippen LogP contribution in [-0.4, -0.2) is 301 Å². The quantitative estimate of drug-likeness (QED) is 0.0107. The minimum absolute atomic E-state index is 0.00310. The van der Waals surface area contributed by atoms with Crippen molar-refractivity contribution < 1.29 is 159 Å². The predicted octanol–water partition coefficient (Wildman–Crippen LogP) is -4.81. The second-order valence-corrected chi connectivity index (χ2v) is 43.6. The zero-order valence-electron chi connectivity index (χ0n) is 78.0. The highest BCUT2D eigenvalue weighted by Gasteiger charge is 2.57. The van der Waals surface area contributed by atoms with E-state index < -0.39 is 286 Å². The number of H-pyrrole nitrogens is 4. The normalized spacial score (nSPS) is 29.4. The molecule has 0 aromatic carbocycles. The lowest BCUT2D eigenvalue weighted by Gasteiger charge is -2.36. The Morgan fingerprint density at radius 2 is 0.676 bits per heavy atom. The standard InChI is InChI=1S/C76H113N14O44P5S3/c1-13-42-43(24-49(124-42)85-27-38(4)62(92)81-73(85)98)130-137(106,140)122-34-47-52(57(116-21-16-111-10)67(128-47)87-26-37(3)61(78)80-72(87)97)132-135(102,103)119-32-45-51(56(115-20-15-110-9)68(126-45)88-28-39(5)63(93)82-74(88)99)131-136(104,105)120-33-46-53(58(117-22-17-112-11)69(127-46)89-29-40(6)64(94)83-75(89)100)133-139(108,142)123-35-48-54(59(118-23-18-113-12)70(129-48)90-30-41(7)65(95)84-76(90)101)134-138(107,141)121-31-44-50(91)55(114-19-14-109-8)66(125-44)86-25-36(2)60(77)79-71(86)96/h25-30,42-59,66-70,91H,13-24,31-35H2,1-12H3,(H,102,103)(H,104,105)(H,106,140)(H,107,141)(H,108,142)(H2,77,79,96)(H2,78,80,97)(H,81,92,98)(H,82,93,99)(H,83,94,100)(H,84,95,101)/p-5/t42-,43-,44-,45-,46-,47-,48-,49-,50+,51+,52+,53+,54+,55?,56?,57?,58?,59?,66-,67-,68-,69-,70-,137?,138?,139?/m1/s1. The first-order valence-corrected chi connectivity index (χ1v) is 54.0. The Labute approximate surface area is 819 Å². The van der Waals surface area contributed by atoms with Gasteiger partial charge in [-0.05, 0) is 48.0 Å². The minimum Gasteiger partial charge on any atom is -0.780 e. The molecule has 794 valence electrons. The van der Waals surface area contributed by atoms with Crippen LogP contribution < -0.4 is 87.4 Å². The van der Waals surface area contributed by atoms with Crippen LogP contribution in [0.1, 0.15) is 90.5 Å². The molecule has 0 amide bonds. The first-order chi connectivity index (χ1) is 67.1. The maximum atomic E-state index is 15.4. The van der Waals surface area contributed by atoms with E-state index in [1.165, 1.54) is 88.8 Å². The molecule has 6 aliphatic heterocycles. The molecule has 66 heteroatoms. The number of phosphoric ester groups is 2. The van der Waals surface area contributed by atoms with Gasteiger partial charge in [0.05, 0.1) is 111 Å². The number of aromatic amines is 4. The highest BCUT2D eigenvalue weighted by atomic mass is 32.7. The average Bonchev–Trinajstić information content (AvgIpc) is 1.62. The van der Waals surface area contributed by atoms with E-state index in [9.17, 15) is 72.3 Å². The fourth-order valence-electron chi connectivity index (χ4n) is 15.8. The number of aromatic nitrogens is 12. The second-order valence-electron chi connectivity index (χ2n) is 32.8. The van der Waals surface area contributed by atoms with Crippen molar-refractivity contribution in [2.24, 2.45) is 0 Å². The van der Waals surface area contributed by atoms with Crippen LogP contribution in [0.25, 0.3) is 0 Å². The number of hydrogen-bond donors (Lipinski definition) is 7. The van der Waals surface area contributed by atoms with Crippen LogP contribution in [0.2, 0.25) is 0 Å². The molecule has 0 radical (unpaired) electrons. The van der Waals surface area contributed by atoms with Gasteiger partial charge >= 0.3 is 34.1 Å². The number of rotatable bonds is 52. The summed E-state index contributed by atoms with van der Waals surface area (Å²) < 4.78 is 204. The molecule has 0 aliphatic carbocycles. The van der Waals surface area contributed by atoms with Crippen molar-refractivity contribution in [2.75, 3.05) is 146 Å². The molecule has 6 aromatic heterocycles. The summed E-state index contributed by atoms with van der Waals surface area (Å²) in [6, 6.07) is 0. The Balaban J connectivity index is 0.844. The van der Waals surface area contributed by atoms with Crippen molar-refractivity contribution in [1.82, 2.24) is 57.3 Å². The molecule has 6 aromatic rings. The van der Waals surface area contributed by atoms with Crippen LogP contribution in [-0.2, 0) is 171 Å². The van der Waals surface area contributed by atoms with Gasteiger partial charge in [-0.3, -0.25) is 80.2 Å². The molecule has 0 spiro atoms. The van der Waals surface area contributed by atoms with Crippen molar-refractivity contribution in [2.45, 2.75) is 202 Å². The molecule has 9 N–H and O–H groups in total. The number of ether oxygens (including phenoxy) is 16. The number of nitrogen functional groups attached to an aromatic ring is 2. The van der Waals surface area contributed by atoms with Crippen molar-refractivity contribution in [1.29, 1.82) is 0 Å². The topological polar surface area (TPSA) is 745 Å². The van der Waals surface area contributed by atoms with Gasteiger partial charge in [0.25, 0.3) is 37.9 Å². The highest BCUT2D eigenvalue weighted by molar-refractivity contribution is 8.32. The number of aliphatic hydroxyl groups excluding tert-OH is 1. The summed E-state index contributed by atoms with van der Waals surface area (Å²) in [5.41, 5.74) is 2.52. The summed E-state index contributed by atoms with van der Waals surface area (Å²) >= 11 is 16.5. The van der Waals surface area contributed by atoms with Gasteiger partial charge in [0.2, 0.25) is 0 Å². The van der Waals surface area contributed by atoms with Gasteiger partial charge in [-0.1, -0.05) is 30.5 Å². The minimum atomic E-state index is -6.29. The van der Waals surface area contributed by atoms with Crippen LogP contribution in [0.4, 0.5) is 11.6 Å². The summed E-state index contributed by atoms with van der Waals surface area (Å²) in [6.07, 6.45) is -33.5. The molecule has 6 fully saturated rings. The Kier molecular flexibility index (Phi) is 39.7. The van der Waals surface area contributed by atoms with Gasteiger partial charge in [-0.15, -0.1) is 0 Å². The number of phosphoric acid groups is 2. The number of anilines is 2. The molecule has 6 saturated heterocycles. The van der Waals surface area contributed by atoms with Gasteiger partial charge in [-0.25, -0.2) is 28.8 Å². The van der Waals surface area contributed by atoms with Crippen LogP contribution >= 0.6 is 35.9 Å². The fraction of sp³-hybridized carbons (Fsp3) is 0.684. The average molecular weight is 2170 g/mol. The van der Waals surface area contributed by atoms with Gasteiger partial charge in [0, 0.05) is 113 Å². The smallest absolute Gasteiger partial charge is 0.351 e. The van der Waals surface area contributed by atoms with E-state index in [-0.39, 0.29) is 98.5 Å². The molecule has 6 aliphatic rings. The first-order valence-electron chi connectivity index (χ1n) is 43.5. The van der Waals surface area contributed by atoms with Gasteiger partial charge in [0.1, 0.15) is 123 Å². The molecule has 12 heterocycles. The molecular weight excluding hydrogens is 2060 g/mol. The Morgan fingerprint density at radius 1 is 0.387 bits per heavy atom. The van der Waals surface area contributed by atoms with Crippen LogP contribution in [0.15, 0.2) is 85.1 Å². The number of nitrogens with two attached hydrogens (primary N) is 2. The number of methoxy groups -OCH3 is 5. The summed E-state index contributed by atoms with van der Waals surface area (Å²) in [5.74, 6) is -0.343. The summed E-state index contributed by atoms with van der Waals surface area (Å²) in [4.78, 5) is 209. The summed E-state index contributed by atoms with van der Waals surface area (Å²) in [5, 5.41) is 11.7. The van der Waals surface area contributed by atoms with Crippen LogP contribution in [0.5, 0.6) is 0 Å². The van der Waals surface area contributed by atoms with Crippen molar-refractivity contribution in [3.05, 3.63) is 175 Å². The SMILES string of the molecule is CC[C@H]1O[C@@H](n2cc(C)c(=O)[nH]c2=O)C[C@H]1OP([O-])(=S)OC[C@H]1O[C@@H](n2cc(C)c(N)nc2=O)C(OCCOC)[C@H]1OP(=O)([O-])OC[C@H]1O[C@@H](n2cc(C)c(=O)[nH]c2=O)C(OCCOC)[C@H]1OP(=O)([O-])OC[C@H]1O[C@@H](n2cc(C)c(=O)[nH]c2=O)C(OCCOC)[C@H]1OP(=O)([S-])OC[C@H]1O[C@@H](n2cc(C)c(=O)[nH]c2=O)C(OCCOC)[C@H]1OP([O-])(=S)OC[C@H]1O[C@@H](n2cc(C)c(N)nc2=O)C(OCCOC)[C@H]1O. The molecule has 0 saturated carbocycles. The number of aliphatic hydroxyl groups is 1. The molecule has 0 bridgehead atoms. The zero-order chi connectivity index (χ0) is 104. The van der Waals surface area contributed by atoms with E-state index in [1.54, 1.807) is 13.8 Å². The molecule has 12 rings (SSSR count). The van der Waals surface area contributed by atoms with Gasteiger partial charge in [0.15, 0.2) is 37.9 Å². The van der Waals surface area contributed by atoms with Gasteiger partial charge < -0.3 is 169 Å². The zero-order valence-corrected chi connectivity index (χ0v) is 84.9. The summed E-state index contributed by atoms with van der Waals surface area (Å²) in [6.45, 7) is -14.1. The van der Waals surface area contributed by atoms with Crippen LogP contribution in [0.3, 0.4) is 0 Å². The van der Waals surface area contributed by atoms with Crippen molar-refractivity contribution >= 4 is 83.4 Å². The van der Waals surface area contributed by atoms with Gasteiger partial charge in [-0.2, -0.15) is 9.97 Å². The van der Waals surface area contributed by atoms with Crippen molar-refractivity contribution in [3.63, 3.8) is 0 Å². The maximum absolute atomic E-state index is 15.4. The third-order valence-corrected chi connectivity index (χ3v) is 29.5. The van der Waals surface area contributed by atoms with E-state index in [1.807, 2.05) is 0 Å². The van der Waals surface area contributed by atoms with Crippen molar-refractivity contribution in [3.8, 4) is 0 Å². The number of nitrogens with zero attached hydrogens (tertiary/aromatic N) is 8. The number of aryl methyl sites for hydroxylation is 6. The van der Waals surface area contributed by atoms with E-state index >= 15 is 14.0 Å².